The molecule has 0 aromatic carbocycles. The van der Waals surface area contributed by atoms with Gasteiger partial charge in [0.05, 0.1) is 6.61 Å². The summed E-state index contributed by atoms with van der Waals surface area (Å²) in [5.74, 6) is -6.57. The summed E-state index contributed by atoms with van der Waals surface area (Å²) in [6.45, 7) is 5.96. The fourth-order valence-corrected chi connectivity index (χ4v) is 0.541. The smallest absolute Gasteiger partial charge is 0.458 e. The standard InChI is InChI=1S/C6H12O2.C4F6O2/c1-5(2)4-8-6(3)7;5-3(6,7)1(11)2(12)4(8,9)10/h5H,4H2,1-3H3;. The molecular weight excluding hydrogens is 298 g/mol. The van der Waals surface area contributed by atoms with E-state index in [4.69, 9.17) is 0 Å². The first-order chi connectivity index (χ1) is 8.69. The van der Waals surface area contributed by atoms with Gasteiger partial charge in [0.1, 0.15) is 0 Å². The highest BCUT2D eigenvalue weighted by molar-refractivity contribution is 6.41. The average Bonchev–Trinajstić information content (AvgIpc) is 2.22. The quantitative estimate of drug-likeness (QED) is 0.456. The summed E-state index contributed by atoms with van der Waals surface area (Å²) in [6.07, 6.45) is -11.5. The summed E-state index contributed by atoms with van der Waals surface area (Å²) in [5, 5.41) is 0. The second kappa shape index (κ2) is 7.85. The number of hydrogen-bond acceptors (Lipinski definition) is 4. The Morgan fingerprint density at radius 3 is 1.30 bits per heavy atom. The lowest BCUT2D eigenvalue weighted by Gasteiger charge is -2.05. The summed E-state index contributed by atoms with van der Waals surface area (Å²) in [4.78, 5) is 29.4. The summed E-state index contributed by atoms with van der Waals surface area (Å²) in [5.41, 5.74) is 0. The molecule has 20 heavy (non-hydrogen) atoms. The molecule has 0 radical (unpaired) electrons. The zero-order chi connectivity index (χ0) is 16.7. The Bertz CT molecular complexity index is 332. The third-order valence-corrected chi connectivity index (χ3v) is 1.34. The first kappa shape index (κ1) is 20.7. The van der Waals surface area contributed by atoms with Crippen molar-refractivity contribution in [2.24, 2.45) is 5.92 Å². The Morgan fingerprint density at radius 2 is 1.20 bits per heavy atom. The number of ketones is 2. The van der Waals surface area contributed by atoms with Gasteiger partial charge in [0, 0.05) is 6.92 Å². The van der Waals surface area contributed by atoms with E-state index in [-0.39, 0.29) is 5.97 Å². The van der Waals surface area contributed by atoms with Crippen molar-refractivity contribution in [2.45, 2.75) is 33.1 Å². The zero-order valence-electron chi connectivity index (χ0n) is 10.7. The minimum Gasteiger partial charge on any atom is -0.466 e. The number of ether oxygens (including phenoxy) is 1. The van der Waals surface area contributed by atoms with Crippen LogP contribution in [0.1, 0.15) is 20.8 Å². The van der Waals surface area contributed by atoms with Gasteiger partial charge in [0.2, 0.25) is 0 Å². The van der Waals surface area contributed by atoms with Gasteiger partial charge in [0.15, 0.2) is 0 Å². The van der Waals surface area contributed by atoms with E-state index in [1.807, 2.05) is 13.8 Å². The van der Waals surface area contributed by atoms with Crippen LogP contribution in [0.25, 0.3) is 0 Å². The third kappa shape index (κ3) is 10.3. The van der Waals surface area contributed by atoms with Gasteiger partial charge in [-0.05, 0) is 5.92 Å². The number of hydrogen-bond donors (Lipinski definition) is 0. The van der Waals surface area contributed by atoms with Crippen LogP contribution in [0.15, 0.2) is 0 Å². The van der Waals surface area contributed by atoms with E-state index in [1.165, 1.54) is 6.92 Å². The highest BCUT2D eigenvalue weighted by Gasteiger charge is 2.54. The zero-order valence-corrected chi connectivity index (χ0v) is 10.7. The Hall–Kier alpha value is -1.61. The van der Waals surface area contributed by atoms with Gasteiger partial charge in [-0.15, -0.1) is 0 Å². The van der Waals surface area contributed by atoms with Crippen LogP contribution in [0.4, 0.5) is 26.3 Å². The lowest BCUT2D eigenvalue weighted by atomic mass is 10.2. The lowest BCUT2D eigenvalue weighted by Crippen LogP contribution is -2.39. The van der Waals surface area contributed by atoms with E-state index in [0.717, 1.165) is 0 Å². The number of carbonyl (C=O) groups is 3. The Kier molecular flexibility index (Phi) is 8.13. The Balaban J connectivity index is 0. The van der Waals surface area contributed by atoms with Gasteiger partial charge in [-0.25, -0.2) is 0 Å². The van der Waals surface area contributed by atoms with Crippen molar-refractivity contribution in [3.63, 3.8) is 0 Å². The highest BCUT2D eigenvalue weighted by Crippen LogP contribution is 2.23. The molecule has 0 saturated carbocycles. The Morgan fingerprint density at radius 1 is 0.900 bits per heavy atom. The summed E-state index contributed by atoms with van der Waals surface area (Å²) in [7, 11) is 0. The van der Waals surface area contributed by atoms with E-state index in [0.29, 0.717) is 12.5 Å². The van der Waals surface area contributed by atoms with Crippen molar-refractivity contribution in [3.05, 3.63) is 0 Å². The first-order valence-electron chi connectivity index (χ1n) is 5.05. The van der Waals surface area contributed by atoms with Crippen LogP contribution >= 0.6 is 0 Å². The third-order valence-electron chi connectivity index (χ3n) is 1.34. The van der Waals surface area contributed by atoms with E-state index in [9.17, 15) is 40.7 Å². The summed E-state index contributed by atoms with van der Waals surface area (Å²) < 4.78 is 71.6. The second-order valence-electron chi connectivity index (χ2n) is 3.85. The molecule has 0 aromatic heterocycles. The van der Waals surface area contributed by atoms with Gasteiger partial charge in [0.25, 0.3) is 0 Å². The van der Waals surface area contributed by atoms with Crippen LogP contribution in [0.2, 0.25) is 0 Å². The van der Waals surface area contributed by atoms with Crippen LogP contribution in [-0.2, 0) is 19.1 Å². The monoisotopic (exact) mass is 310 g/mol. The maximum absolute atomic E-state index is 11.2. The molecule has 0 N–H and O–H groups in total. The van der Waals surface area contributed by atoms with Gasteiger partial charge >= 0.3 is 29.9 Å². The van der Waals surface area contributed by atoms with Gasteiger partial charge in [-0.2, -0.15) is 26.3 Å². The number of alkyl halides is 6. The fraction of sp³-hybridized carbons (Fsp3) is 0.700. The molecule has 0 bridgehead atoms. The van der Waals surface area contributed by atoms with Gasteiger partial charge in [-0.3, -0.25) is 14.4 Å². The predicted octanol–water partition coefficient (Wildman–Crippen LogP) is 2.45. The van der Waals surface area contributed by atoms with Crippen molar-refractivity contribution in [2.75, 3.05) is 6.61 Å². The predicted molar refractivity (Wildman–Crippen MR) is 53.6 cm³/mol. The normalized spacial score (nSPS) is 11.5. The van der Waals surface area contributed by atoms with Gasteiger partial charge < -0.3 is 4.74 Å². The lowest BCUT2D eigenvalue weighted by molar-refractivity contribution is -0.193. The molecule has 10 heteroatoms. The number of halogens is 6. The first-order valence-corrected chi connectivity index (χ1v) is 5.05. The fourth-order valence-electron chi connectivity index (χ4n) is 0.541. The maximum Gasteiger partial charge on any atom is 0.458 e. The van der Waals surface area contributed by atoms with Crippen molar-refractivity contribution < 1.29 is 45.5 Å². The van der Waals surface area contributed by atoms with Crippen LogP contribution in [0.5, 0.6) is 0 Å². The van der Waals surface area contributed by atoms with Crippen LogP contribution in [0.3, 0.4) is 0 Å². The summed E-state index contributed by atoms with van der Waals surface area (Å²) >= 11 is 0. The second-order valence-corrected chi connectivity index (χ2v) is 3.85. The topological polar surface area (TPSA) is 60.4 Å². The van der Waals surface area contributed by atoms with E-state index in [2.05, 4.69) is 4.74 Å². The van der Waals surface area contributed by atoms with Gasteiger partial charge in [-0.1, -0.05) is 13.8 Å². The van der Waals surface area contributed by atoms with E-state index < -0.39 is 23.9 Å². The number of Topliss-reactive ketones (excluding diaryl/α,β-unsaturated/α-hetero) is 2. The maximum atomic E-state index is 11.2. The molecule has 0 atom stereocenters. The number of rotatable bonds is 3. The molecule has 118 valence electrons. The van der Waals surface area contributed by atoms with Crippen molar-refractivity contribution >= 4 is 17.5 Å². The molecule has 0 aromatic rings. The van der Waals surface area contributed by atoms with Crippen molar-refractivity contribution in [1.29, 1.82) is 0 Å². The molecule has 0 saturated heterocycles. The highest BCUT2D eigenvalue weighted by atomic mass is 19.4. The molecule has 0 aliphatic rings. The van der Waals surface area contributed by atoms with Crippen molar-refractivity contribution in [3.8, 4) is 0 Å². The van der Waals surface area contributed by atoms with Crippen molar-refractivity contribution in [1.82, 2.24) is 0 Å². The Labute approximate surface area is 110 Å². The van der Waals surface area contributed by atoms with E-state index >= 15 is 0 Å². The molecule has 0 heterocycles. The number of carbonyl (C=O) groups excluding carboxylic acids is 3. The SMILES string of the molecule is CC(=O)OCC(C)C.O=C(C(=O)C(F)(F)F)C(F)(F)F. The molecule has 0 unspecified atom stereocenters. The summed E-state index contributed by atoms with van der Waals surface area (Å²) in [6, 6.07) is 0. The van der Waals surface area contributed by atoms with Crippen LogP contribution in [-0.4, -0.2) is 36.5 Å². The molecule has 0 amide bonds. The molecule has 4 nitrogen and oxygen atoms in total. The molecule has 0 rings (SSSR count). The molecule has 0 aliphatic heterocycles. The largest absolute Gasteiger partial charge is 0.466 e. The molecule has 0 aliphatic carbocycles. The van der Waals surface area contributed by atoms with Crippen LogP contribution in [0, 0.1) is 5.92 Å². The van der Waals surface area contributed by atoms with E-state index in [1.54, 1.807) is 0 Å². The minimum absolute atomic E-state index is 0.196. The van der Waals surface area contributed by atoms with Crippen LogP contribution < -0.4 is 0 Å². The average molecular weight is 310 g/mol. The molecular formula is C10H12F6O4. The molecule has 0 fully saturated rings. The number of esters is 1. The molecule has 0 spiro atoms. The minimum atomic E-state index is -5.77.